The molecule has 0 heterocycles. The summed E-state index contributed by atoms with van der Waals surface area (Å²) in [6.45, 7) is 5.82. The number of hydrogen-bond donors (Lipinski definition) is 2. The molecule has 0 aliphatic carbocycles. The van der Waals surface area contributed by atoms with Crippen molar-refractivity contribution in [3.63, 3.8) is 0 Å². The van der Waals surface area contributed by atoms with Gasteiger partial charge in [-0.25, -0.2) is 22.7 Å². The van der Waals surface area contributed by atoms with Crippen LogP contribution in [0.1, 0.15) is 53.1 Å². The number of rotatable bonds is 9. The topological polar surface area (TPSA) is 111 Å². The summed E-state index contributed by atoms with van der Waals surface area (Å²) >= 11 is 0. The number of benzene rings is 2. The molecule has 0 bridgehead atoms. The van der Waals surface area contributed by atoms with Gasteiger partial charge in [0.25, 0.3) is 0 Å². The number of hydrogen-bond acceptors (Lipinski definition) is 7. The quantitative estimate of drug-likeness (QED) is 0.568. The zero-order valence-electron chi connectivity index (χ0n) is 18.3. The highest BCUT2D eigenvalue weighted by atomic mass is 32.2. The Hall–Kier alpha value is -2.75. The highest BCUT2D eigenvalue weighted by molar-refractivity contribution is 7.89. The number of ether oxygens (including phenoxy) is 2. The molecule has 0 fully saturated rings. The van der Waals surface area contributed by atoms with E-state index in [1.165, 1.54) is 20.3 Å². The summed E-state index contributed by atoms with van der Waals surface area (Å²) in [5.41, 5.74) is 0.349. The van der Waals surface area contributed by atoms with Crippen molar-refractivity contribution in [3.8, 4) is 0 Å². The molecule has 0 aliphatic heterocycles. The number of nitrogens with one attached hydrogen (secondary N) is 2. The first-order valence-corrected chi connectivity index (χ1v) is 11.1. The van der Waals surface area contributed by atoms with Gasteiger partial charge in [0, 0.05) is 18.1 Å². The van der Waals surface area contributed by atoms with Crippen molar-refractivity contribution >= 4 is 22.0 Å². The van der Waals surface area contributed by atoms with Gasteiger partial charge in [0.2, 0.25) is 10.0 Å². The Morgan fingerprint density at radius 2 is 1.48 bits per heavy atom. The summed E-state index contributed by atoms with van der Waals surface area (Å²) < 4.78 is 37.7. The predicted octanol–water partition coefficient (Wildman–Crippen LogP) is 2.67. The van der Waals surface area contributed by atoms with Gasteiger partial charge >= 0.3 is 11.9 Å². The lowest BCUT2D eigenvalue weighted by molar-refractivity contribution is 0.0598. The van der Waals surface area contributed by atoms with Crippen LogP contribution in [0, 0.1) is 0 Å². The maximum Gasteiger partial charge on any atom is 0.337 e. The van der Waals surface area contributed by atoms with Crippen LogP contribution in [0.5, 0.6) is 0 Å². The fourth-order valence-electron chi connectivity index (χ4n) is 3.05. The molecule has 2 aromatic rings. The van der Waals surface area contributed by atoms with Gasteiger partial charge in [-0.15, -0.1) is 0 Å². The molecule has 2 N–H and O–H groups in total. The van der Waals surface area contributed by atoms with Crippen LogP contribution in [0.2, 0.25) is 0 Å². The summed E-state index contributed by atoms with van der Waals surface area (Å²) in [6, 6.07) is 13.3. The average molecular weight is 449 g/mol. The summed E-state index contributed by atoms with van der Waals surface area (Å²) in [7, 11) is -1.69. The minimum atomic E-state index is -4.03. The molecule has 0 saturated heterocycles. The van der Waals surface area contributed by atoms with Crippen LogP contribution >= 0.6 is 0 Å². The number of carbonyl (C=O) groups excluding carboxylic acids is 2. The van der Waals surface area contributed by atoms with E-state index in [1.54, 1.807) is 0 Å². The third-order valence-corrected chi connectivity index (χ3v) is 6.05. The van der Waals surface area contributed by atoms with Crippen LogP contribution in [0.3, 0.4) is 0 Å². The van der Waals surface area contributed by atoms with Gasteiger partial charge in [-0.05, 0) is 44.5 Å². The van der Waals surface area contributed by atoms with Crippen LogP contribution < -0.4 is 10.0 Å². The van der Waals surface area contributed by atoms with E-state index in [0.29, 0.717) is 0 Å². The van der Waals surface area contributed by atoms with E-state index in [4.69, 9.17) is 0 Å². The van der Waals surface area contributed by atoms with Gasteiger partial charge in [0.1, 0.15) is 0 Å². The number of sulfonamides is 1. The van der Waals surface area contributed by atoms with E-state index >= 15 is 0 Å². The highest BCUT2D eigenvalue weighted by Crippen LogP contribution is 2.19. The molecule has 2 rings (SSSR count). The Morgan fingerprint density at radius 3 is 1.97 bits per heavy atom. The minimum absolute atomic E-state index is 0.00529. The summed E-state index contributed by atoms with van der Waals surface area (Å²) in [4.78, 5) is 23.6. The molecule has 0 amide bonds. The lowest BCUT2D eigenvalue weighted by Gasteiger charge is -2.30. The van der Waals surface area contributed by atoms with E-state index in [-0.39, 0.29) is 28.6 Å². The Morgan fingerprint density at radius 1 is 0.968 bits per heavy atom. The highest BCUT2D eigenvalue weighted by Gasteiger charge is 2.26. The van der Waals surface area contributed by atoms with Gasteiger partial charge in [0.15, 0.2) is 0 Å². The molecule has 1 atom stereocenters. The molecule has 9 heteroatoms. The maximum absolute atomic E-state index is 12.9. The molecule has 0 aliphatic rings. The molecule has 0 saturated carbocycles. The van der Waals surface area contributed by atoms with Gasteiger partial charge in [-0.3, -0.25) is 0 Å². The van der Waals surface area contributed by atoms with Crippen molar-refractivity contribution in [1.82, 2.24) is 10.0 Å². The van der Waals surface area contributed by atoms with Crippen LogP contribution in [0.4, 0.5) is 0 Å². The van der Waals surface area contributed by atoms with Crippen LogP contribution in [0.15, 0.2) is 53.4 Å². The number of esters is 2. The molecule has 31 heavy (non-hydrogen) atoms. The standard InChI is InChI=1S/C22H28N2O6S/c1-15(16-9-7-6-8-10-16)24-22(2,3)14-23-31(27,28)19-12-17(20(25)29-4)11-18(13-19)21(26)30-5/h6-13,15,23-24H,14H2,1-5H3. The lowest BCUT2D eigenvalue weighted by Crippen LogP contribution is -2.49. The largest absolute Gasteiger partial charge is 0.465 e. The summed E-state index contributed by atoms with van der Waals surface area (Å²) in [5, 5.41) is 3.40. The molecule has 0 aromatic heterocycles. The Labute approximate surface area is 183 Å². The molecule has 8 nitrogen and oxygen atoms in total. The van der Waals surface area contributed by atoms with Crippen molar-refractivity contribution in [1.29, 1.82) is 0 Å². The summed E-state index contributed by atoms with van der Waals surface area (Å²) in [5.74, 6) is -1.53. The fraction of sp³-hybridized carbons (Fsp3) is 0.364. The van der Waals surface area contributed by atoms with Crippen LogP contribution in [-0.2, 0) is 19.5 Å². The minimum Gasteiger partial charge on any atom is -0.465 e. The zero-order chi connectivity index (χ0) is 23.2. The second kappa shape index (κ2) is 10.0. The van der Waals surface area contributed by atoms with Crippen molar-refractivity contribution in [2.24, 2.45) is 0 Å². The fourth-order valence-corrected chi connectivity index (χ4v) is 4.33. The van der Waals surface area contributed by atoms with E-state index < -0.39 is 27.5 Å². The van der Waals surface area contributed by atoms with Crippen molar-refractivity contribution in [2.75, 3.05) is 20.8 Å². The van der Waals surface area contributed by atoms with Gasteiger partial charge in [-0.2, -0.15) is 0 Å². The van der Waals surface area contributed by atoms with Crippen LogP contribution in [0.25, 0.3) is 0 Å². The summed E-state index contributed by atoms with van der Waals surface area (Å²) in [6.07, 6.45) is 0. The normalized spacial score (nSPS) is 12.8. The predicted molar refractivity (Wildman–Crippen MR) is 116 cm³/mol. The smallest absolute Gasteiger partial charge is 0.337 e. The molecule has 0 spiro atoms. The molecular weight excluding hydrogens is 420 g/mol. The Bertz CT molecular complexity index is 1000. The SMILES string of the molecule is COC(=O)c1cc(C(=O)OC)cc(S(=O)(=O)NCC(C)(C)NC(C)c2ccccc2)c1. The van der Waals surface area contributed by atoms with Crippen molar-refractivity contribution in [3.05, 3.63) is 65.2 Å². The first-order valence-electron chi connectivity index (χ1n) is 9.63. The van der Waals surface area contributed by atoms with Crippen LogP contribution in [-0.4, -0.2) is 46.7 Å². The maximum atomic E-state index is 12.9. The Kier molecular flexibility index (Phi) is 7.94. The molecule has 2 aromatic carbocycles. The van der Waals surface area contributed by atoms with Gasteiger partial charge < -0.3 is 14.8 Å². The van der Waals surface area contributed by atoms with Crippen molar-refractivity contribution < 1.29 is 27.5 Å². The monoisotopic (exact) mass is 448 g/mol. The number of carbonyl (C=O) groups is 2. The first kappa shape index (κ1) is 24.5. The average Bonchev–Trinajstić information content (AvgIpc) is 2.76. The molecular formula is C22H28N2O6S. The molecule has 1 unspecified atom stereocenters. The molecule has 0 radical (unpaired) electrons. The Balaban J connectivity index is 2.22. The van der Waals surface area contributed by atoms with Gasteiger partial charge in [0.05, 0.1) is 30.2 Å². The van der Waals surface area contributed by atoms with E-state index in [9.17, 15) is 18.0 Å². The van der Waals surface area contributed by atoms with Gasteiger partial charge in [-0.1, -0.05) is 30.3 Å². The van der Waals surface area contributed by atoms with Crippen molar-refractivity contribution in [2.45, 2.75) is 37.2 Å². The zero-order valence-corrected chi connectivity index (χ0v) is 19.1. The van der Waals surface area contributed by atoms with E-state index in [1.807, 2.05) is 51.1 Å². The van der Waals surface area contributed by atoms with E-state index in [2.05, 4.69) is 19.5 Å². The molecule has 168 valence electrons. The van der Waals surface area contributed by atoms with E-state index in [0.717, 1.165) is 17.7 Å². The lowest BCUT2D eigenvalue weighted by atomic mass is 10.0. The first-order chi connectivity index (χ1) is 14.5. The third kappa shape index (κ3) is 6.61. The second-order valence-corrected chi connectivity index (χ2v) is 9.48. The number of methoxy groups -OCH3 is 2. The second-order valence-electron chi connectivity index (χ2n) is 7.71. The third-order valence-electron chi connectivity index (χ3n) is 4.67.